The number of amides is 1. The van der Waals surface area contributed by atoms with Crippen molar-refractivity contribution in [1.82, 2.24) is 15.5 Å². The summed E-state index contributed by atoms with van der Waals surface area (Å²) in [5, 5.41) is 6.28. The predicted octanol–water partition coefficient (Wildman–Crippen LogP) is 0.211. The molecular weight excluding hydrogens is 230 g/mol. The van der Waals surface area contributed by atoms with Crippen LogP contribution in [0, 0.1) is 0 Å². The fourth-order valence-corrected chi connectivity index (χ4v) is 2.16. The molecule has 0 aromatic carbocycles. The number of carbonyl (C=O) groups excluding carboxylic acids is 1. The number of hydrogen-bond acceptors (Lipinski definition) is 4. The maximum Gasteiger partial charge on any atom is 0.240 e. The number of nitrogens with zero attached hydrogens (tertiary/aromatic N) is 1. The maximum absolute atomic E-state index is 12.2. The minimum atomic E-state index is -0.450. The van der Waals surface area contributed by atoms with E-state index in [9.17, 15) is 4.79 Å². The highest BCUT2D eigenvalue weighted by atomic mass is 16.5. The quantitative estimate of drug-likeness (QED) is 0.714. The van der Waals surface area contributed by atoms with Crippen LogP contribution in [-0.2, 0) is 9.53 Å². The van der Waals surface area contributed by atoms with E-state index in [0.29, 0.717) is 13.2 Å². The molecule has 0 aromatic heterocycles. The zero-order chi connectivity index (χ0) is 13.6. The van der Waals surface area contributed by atoms with Crippen molar-refractivity contribution in [1.29, 1.82) is 0 Å². The second-order valence-corrected chi connectivity index (χ2v) is 5.27. The summed E-state index contributed by atoms with van der Waals surface area (Å²) in [7, 11) is 0. The van der Waals surface area contributed by atoms with Gasteiger partial charge in [-0.2, -0.15) is 0 Å². The van der Waals surface area contributed by atoms with E-state index in [-0.39, 0.29) is 12.0 Å². The highest BCUT2D eigenvalue weighted by Gasteiger charge is 2.34. The smallest absolute Gasteiger partial charge is 0.240 e. The van der Waals surface area contributed by atoms with E-state index in [2.05, 4.69) is 15.5 Å². The van der Waals surface area contributed by atoms with E-state index in [1.807, 2.05) is 27.7 Å². The van der Waals surface area contributed by atoms with Gasteiger partial charge in [-0.3, -0.25) is 9.69 Å². The number of carbonyl (C=O) groups is 1. The monoisotopic (exact) mass is 257 g/mol. The Hall–Kier alpha value is -0.650. The van der Waals surface area contributed by atoms with Crippen molar-refractivity contribution in [2.75, 3.05) is 39.3 Å². The van der Waals surface area contributed by atoms with Gasteiger partial charge in [-0.05, 0) is 27.7 Å². The topological polar surface area (TPSA) is 53.6 Å². The zero-order valence-corrected chi connectivity index (χ0v) is 12.1. The molecule has 0 saturated carbocycles. The Morgan fingerprint density at radius 1 is 1.44 bits per heavy atom. The maximum atomic E-state index is 12.2. The van der Waals surface area contributed by atoms with Gasteiger partial charge < -0.3 is 15.4 Å². The number of ether oxygens (including phenoxy) is 1. The lowest BCUT2D eigenvalue weighted by Crippen LogP contribution is -2.60. The summed E-state index contributed by atoms with van der Waals surface area (Å²) < 4.78 is 5.41. The van der Waals surface area contributed by atoms with E-state index in [0.717, 1.165) is 26.2 Å². The van der Waals surface area contributed by atoms with E-state index in [4.69, 9.17) is 4.74 Å². The number of piperazine rings is 1. The molecule has 1 unspecified atom stereocenters. The zero-order valence-electron chi connectivity index (χ0n) is 12.1. The fourth-order valence-electron chi connectivity index (χ4n) is 2.16. The lowest BCUT2D eigenvalue weighted by molar-refractivity contribution is -0.132. The second kappa shape index (κ2) is 7.07. The molecular formula is C13H27N3O2. The van der Waals surface area contributed by atoms with Gasteiger partial charge in [0.05, 0.1) is 11.6 Å². The van der Waals surface area contributed by atoms with Crippen LogP contribution >= 0.6 is 0 Å². The first kappa shape index (κ1) is 15.4. The molecule has 106 valence electrons. The van der Waals surface area contributed by atoms with Crippen LogP contribution in [0.4, 0.5) is 0 Å². The Morgan fingerprint density at radius 2 is 2.06 bits per heavy atom. The molecule has 1 rings (SSSR count). The van der Waals surface area contributed by atoms with Crippen LogP contribution in [0.1, 0.15) is 27.7 Å². The molecule has 1 aliphatic heterocycles. The number of nitrogens with one attached hydrogen (secondary N) is 2. The minimum Gasteiger partial charge on any atom is -0.377 e. The van der Waals surface area contributed by atoms with E-state index in [1.165, 1.54) is 0 Å². The van der Waals surface area contributed by atoms with Crippen molar-refractivity contribution in [3.63, 3.8) is 0 Å². The van der Waals surface area contributed by atoms with Crippen LogP contribution in [0.3, 0.4) is 0 Å². The Balaban J connectivity index is 2.42. The first-order chi connectivity index (χ1) is 8.48. The normalized spacial score (nSPS) is 19.6. The SMILES string of the molecule is CCOC(C)CNC(=O)C(C)(C)N1CCNCC1. The summed E-state index contributed by atoms with van der Waals surface area (Å²) in [6.45, 7) is 12.9. The van der Waals surface area contributed by atoms with Gasteiger partial charge in [0.15, 0.2) is 0 Å². The van der Waals surface area contributed by atoms with Gasteiger partial charge in [0, 0.05) is 39.3 Å². The molecule has 5 heteroatoms. The Labute approximate surface area is 110 Å². The molecule has 1 atom stereocenters. The van der Waals surface area contributed by atoms with Crippen LogP contribution in [0.2, 0.25) is 0 Å². The molecule has 1 fully saturated rings. The summed E-state index contributed by atoms with van der Waals surface area (Å²) in [5.41, 5.74) is -0.450. The summed E-state index contributed by atoms with van der Waals surface area (Å²) in [5.74, 6) is 0.0796. The van der Waals surface area contributed by atoms with Crippen LogP contribution in [0.15, 0.2) is 0 Å². The van der Waals surface area contributed by atoms with Crippen LogP contribution in [0.5, 0.6) is 0 Å². The van der Waals surface area contributed by atoms with Gasteiger partial charge in [-0.1, -0.05) is 0 Å². The van der Waals surface area contributed by atoms with Crippen LogP contribution < -0.4 is 10.6 Å². The van der Waals surface area contributed by atoms with Gasteiger partial charge in [-0.15, -0.1) is 0 Å². The molecule has 1 amide bonds. The van der Waals surface area contributed by atoms with Gasteiger partial charge in [0.2, 0.25) is 5.91 Å². The van der Waals surface area contributed by atoms with Crippen LogP contribution in [-0.4, -0.2) is 61.8 Å². The summed E-state index contributed by atoms with van der Waals surface area (Å²) in [6.07, 6.45) is 0.0674. The molecule has 0 spiro atoms. The molecule has 5 nitrogen and oxygen atoms in total. The third-order valence-electron chi connectivity index (χ3n) is 3.46. The highest BCUT2D eigenvalue weighted by Crippen LogP contribution is 2.15. The molecule has 18 heavy (non-hydrogen) atoms. The second-order valence-electron chi connectivity index (χ2n) is 5.27. The van der Waals surface area contributed by atoms with E-state index in [1.54, 1.807) is 0 Å². The molecule has 0 aliphatic carbocycles. The van der Waals surface area contributed by atoms with Gasteiger partial charge >= 0.3 is 0 Å². The molecule has 0 bridgehead atoms. The Bertz CT molecular complexity index is 263. The van der Waals surface area contributed by atoms with Crippen molar-refractivity contribution in [3.8, 4) is 0 Å². The molecule has 1 aliphatic rings. The highest BCUT2D eigenvalue weighted by molar-refractivity contribution is 5.85. The third-order valence-corrected chi connectivity index (χ3v) is 3.46. The molecule has 1 saturated heterocycles. The van der Waals surface area contributed by atoms with Crippen molar-refractivity contribution in [2.24, 2.45) is 0 Å². The largest absolute Gasteiger partial charge is 0.377 e. The molecule has 0 radical (unpaired) electrons. The van der Waals surface area contributed by atoms with Gasteiger partial charge in [-0.25, -0.2) is 0 Å². The van der Waals surface area contributed by atoms with E-state index >= 15 is 0 Å². The fraction of sp³-hybridized carbons (Fsp3) is 0.923. The lowest BCUT2D eigenvalue weighted by atomic mass is 10.0. The summed E-state index contributed by atoms with van der Waals surface area (Å²) in [6, 6.07) is 0. The first-order valence-corrected chi connectivity index (χ1v) is 6.84. The molecule has 2 N–H and O–H groups in total. The average molecular weight is 257 g/mol. The van der Waals surface area contributed by atoms with Crippen LogP contribution in [0.25, 0.3) is 0 Å². The Kier molecular flexibility index (Phi) is 6.05. The summed E-state index contributed by atoms with van der Waals surface area (Å²) in [4.78, 5) is 14.5. The van der Waals surface area contributed by atoms with Crippen molar-refractivity contribution in [2.45, 2.75) is 39.3 Å². The standard InChI is InChI=1S/C13H27N3O2/c1-5-18-11(2)10-15-12(17)13(3,4)16-8-6-14-7-9-16/h11,14H,5-10H2,1-4H3,(H,15,17). The predicted molar refractivity (Wildman–Crippen MR) is 72.6 cm³/mol. The number of rotatable bonds is 6. The first-order valence-electron chi connectivity index (χ1n) is 6.84. The van der Waals surface area contributed by atoms with Crippen molar-refractivity contribution >= 4 is 5.91 Å². The average Bonchev–Trinajstić information content (AvgIpc) is 2.37. The number of hydrogen-bond donors (Lipinski definition) is 2. The van der Waals surface area contributed by atoms with Gasteiger partial charge in [0.1, 0.15) is 0 Å². The van der Waals surface area contributed by atoms with E-state index < -0.39 is 5.54 Å². The Morgan fingerprint density at radius 3 is 2.61 bits per heavy atom. The van der Waals surface area contributed by atoms with Gasteiger partial charge in [0.25, 0.3) is 0 Å². The molecule has 1 heterocycles. The summed E-state index contributed by atoms with van der Waals surface area (Å²) >= 11 is 0. The minimum absolute atomic E-state index is 0.0674. The lowest BCUT2D eigenvalue weighted by Gasteiger charge is -2.39. The van der Waals surface area contributed by atoms with Crippen molar-refractivity contribution < 1.29 is 9.53 Å². The third kappa shape index (κ3) is 4.23. The van der Waals surface area contributed by atoms with Crippen molar-refractivity contribution in [3.05, 3.63) is 0 Å². The molecule has 0 aromatic rings.